The van der Waals surface area contributed by atoms with E-state index in [9.17, 15) is 8.42 Å². The number of hydrogen-bond acceptors (Lipinski definition) is 5. The topological polar surface area (TPSA) is 75.6 Å². The lowest BCUT2D eigenvalue weighted by atomic mass is 9.97. The van der Waals surface area contributed by atoms with Gasteiger partial charge in [0.2, 0.25) is 10.0 Å². The third kappa shape index (κ3) is 2.92. The molecule has 102 valence electrons. The minimum atomic E-state index is -3.60. The van der Waals surface area contributed by atoms with E-state index in [1.807, 2.05) is 6.92 Å². The second-order valence-corrected chi connectivity index (χ2v) is 7.34. The van der Waals surface area contributed by atoms with Gasteiger partial charge in [0.1, 0.15) is 0 Å². The highest BCUT2D eigenvalue weighted by Crippen LogP contribution is 2.26. The minimum absolute atomic E-state index is 0.168. The molecule has 1 fully saturated rings. The Balaban J connectivity index is 2.21. The number of sulfonamides is 1. The molecule has 0 radical (unpaired) electrons. The molecule has 1 aliphatic rings. The van der Waals surface area contributed by atoms with E-state index in [4.69, 9.17) is 9.84 Å². The Morgan fingerprint density at radius 3 is 3.00 bits per heavy atom. The molecular weight excluding hydrogens is 274 g/mol. The van der Waals surface area contributed by atoms with Crippen molar-refractivity contribution >= 4 is 21.4 Å². The van der Waals surface area contributed by atoms with Crippen LogP contribution in [-0.4, -0.2) is 32.3 Å². The highest BCUT2D eigenvalue weighted by Gasteiger charge is 2.33. The monoisotopic (exact) mass is 291 g/mol. The van der Waals surface area contributed by atoms with Gasteiger partial charge in [-0.2, -0.15) is 0 Å². The van der Waals surface area contributed by atoms with Crippen LogP contribution in [-0.2, 0) is 21.4 Å². The number of ether oxygens (including phenoxy) is 1. The lowest BCUT2D eigenvalue weighted by Gasteiger charge is -2.33. The van der Waals surface area contributed by atoms with Gasteiger partial charge < -0.3 is 9.84 Å². The van der Waals surface area contributed by atoms with Gasteiger partial charge in [-0.15, -0.1) is 11.3 Å². The van der Waals surface area contributed by atoms with Crippen LogP contribution in [0.4, 0.5) is 0 Å². The van der Waals surface area contributed by atoms with Crippen LogP contribution in [0.2, 0.25) is 0 Å². The van der Waals surface area contributed by atoms with E-state index < -0.39 is 15.6 Å². The van der Waals surface area contributed by atoms with E-state index in [1.54, 1.807) is 5.38 Å². The average molecular weight is 291 g/mol. The molecule has 0 saturated carbocycles. The number of aliphatic hydroxyl groups is 1. The molecule has 0 amide bonds. The lowest BCUT2D eigenvalue weighted by Crippen LogP contribution is -2.51. The van der Waals surface area contributed by atoms with Gasteiger partial charge in [0.25, 0.3) is 0 Å². The van der Waals surface area contributed by atoms with Crippen molar-refractivity contribution in [2.24, 2.45) is 0 Å². The first-order valence-electron chi connectivity index (χ1n) is 5.76. The van der Waals surface area contributed by atoms with Gasteiger partial charge in [0.15, 0.2) is 0 Å². The molecular formula is C11H17NO4S2. The Labute approximate surface area is 111 Å². The fraction of sp³-hybridized carbons (Fsp3) is 0.636. The molecule has 2 N–H and O–H groups in total. The van der Waals surface area contributed by atoms with Crippen LogP contribution >= 0.6 is 11.3 Å². The third-order valence-electron chi connectivity index (χ3n) is 2.96. The molecule has 0 aliphatic carbocycles. The molecule has 1 saturated heterocycles. The van der Waals surface area contributed by atoms with E-state index in [2.05, 4.69) is 4.72 Å². The van der Waals surface area contributed by atoms with Crippen molar-refractivity contribution in [1.29, 1.82) is 0 Å². The first-order chi connectivity index (χ1) is 8.47. The molecule has 1 unspecified atom stereocenters. The van der Waals surface area contributed by atoms with E-state index in [1.165, 1.54) is 17.4 Å². The van der Waals surface area contributed by atoms with Gasteiger partial charge in [0.05, 0.1) is 23.6 Å². The summed E-state index contributed by atoms with van der Waals surface area (Å²) >= 11 is 1.24. The first kappa shape index (κ1) is 14.0. The van der Waals surface area contributed by atoms with Gasteiger partial charge in [-0.3, -0.25) is 0 Å². The molecule has 1 aromatic heterocycles. The van der Waals surface area contributed by atoms with Crippen LogP contribution in [0.15, 0.2) is 16.3 Å². The maximum Gasteiger partial charge on any atom is 0.242 e. The quantitative estimate of drug-likeness (QED) is 0.870. The maximum absolute atomic E-state index is 12.3. The Bertz CT molecular complexity index is 503. The molecule has 0 bridgehead atoms. The zero-order valence-electron chi connectivity index (χ0n) is 10.2. The molecule has 2 rings (SSSR count). The summed E-state index contributed by atoms with van der Waals surface area (Å²) in [7, 11) is -3.60. The van der Waals surface area contributed by atoms with Crippen molar-refractivity contribution in [3.05, 3.63) is 16.3 Å². The zero-order chi connectivity index (χ0) is 13.2. The fourth-order valence-corrected chi connectivity index (χ4v) is 4.80. The van der Waals surface area contributed by atoms with Crippen molar-refractivity contribution in [2.75, 3.05) is 13.2 Å². The Kier molecular flexibility index (Phi) is 4.08. The van der Waals surface area contributed by atoms with Crippen LogP contribution in [0.25, 0.3) is 0 Å². The number of rotatable bonds is 4. The van der Waals surface area contributed by atoms with Crippen LogP contribution in [0.1, 0.15) is 24.6 Å². The smallest absolute Gasteiger partial charge is 0.242 e. The van der Waals surface area contributed by atoms with Crippen molar-refractivity contribution in [1.82, 2.24) is 4.72 Å². The predicted octanol–water partition coefficient (Wildman–Crippen LogP) is 1.09. The summed E-state index contributed by atoms with van der Waals surface area (Å²) in [6.45, 7) is 2.64. The van der Waals surface area contributed by atoms with Crippen LogP contribution in [0.5, 0.6) is 0 Å². The molecule has 2 heterocycles. The number of hydrogen-bond donors (Lipinski definition) is 2. The molecule has 18 heavy (non-hydrogen) atoms. The van der Waals surface area contributed by atoms with Gasteiger partial charge in [-0.25, -0.2) is 13.1 Å². The van der Waals surface area contributed by atoms with Gasteiger partial charge in [-0.05, 0) is 31.2 Å². The number of aliphatic hydroxyl groups excluding tert-OH is 1. The maximum atomic E-state index is 12.3. The van der Waals surface area contributed by atoms with Crippen molar-refractivity contribution in [2.45, 2.75) is 36.8 Å². The summed E-state index contributed by atoms with van der Waals surface area (Å²) in [6, 6.07) is 1.52. The molecule has 5 nitrogen and oxygen atoms in total. The first-order valence-corrected chi connectivity index (χ1v) is 8.12. The van der Waals surface area contributed by atoms with E-state index in [-0.39, 0.29) is 11.5 Å². The zero-order valence-corrected chi connectivity index (χ0v) is 11.8. The molecule has 0 aromatic carbocycles. The van der Waals surface area contributed by atoms with Gasteiger partial charge >= 0.3 is 0 Å². The van der Waals surface area contributed by atoms with E-state index >= 15 is 0 Å². The number of nitrogens with one attached hydrogen (secondary N) is 1. The van der Waals surface area contributed by atoms with Crippen molar-refractivity contribution in [3.63, 3.8) is 0 Å². The SMILES string of the molecule is CC1(NS(=O)(=O)c2ccsc2CO)CCCOC1. The Morgan fingerprint density at radius 2 is 2.39 bits per heavy atom. The Morgan fingerprint density at radius 1 is 1.61 bits per heavy atom. The second-order valence-electron chi connectivity index (χ2n) is 4.69. The van der Waals surface area contributed by atoms with Crippen molar-refractivity contribution in [3.8, 4) is 0 Å². The summed E-state index contributed by atoms with van der Waals surface area (Å²) in [5, 5.41) is 10.8. The standard InChI is InChI=1S/C11H17NO4S2/c1-11(4-2-5-16-8-11)12-18(14,15)10-3-6-17-9(10)7-13/h3,6,12-13H,2,4-5,7-8H2,1H3. The summed E-state index contributed by atoms with van der Waals surface area (Å²) in [5.41, 5.74) is -0.564. The molecule has 1 atom stereocenters. The molecule has 7 heteroatoms. The van der Waals surface area contributed by atoms with E-state index in [0.29, 0.717) is 18.1 Å². The van der Waals surface area contributed by atoms with Gasteiger partial charge in [-0.1, -0.05) is 0 Å². The second kappa shape index (κ2) is 5.26. The van der Waals surface area contributed by atoms with Crippen LogP contribution < -0.4 is 4.72 Å². The summed E-state index contributed by atoms with van der Waals surface area (Å²) in [5.74, 6) is 0. The largest absolute Gasteiger partial charge is 0.391 e. The van der Waals surface area contributed by atoms with Crippen molar-refractivity contribution < 1.29 is 18.3 Å². The predicted molar refractivity (Wildman–Crippen MR) is 69.0 cm³/mol. The minimum Gasteiger partial charge on any atom is -0.391 e. The van der Waals surface area contributed by atoms with Crippen LogP contribution in [0.3, 0.4) is 0 Å². The van der Waals surface area contributed by atoms with E-state index in [0.717, 1.165) is 12.8 Å². The molecule has 1 aliphatic heterocycles. The summed E-state index contributed by atoms with van der Waals surface area (Å²) in [6.07, 6.45) is 1.60. The number of thiophene rings is 1. The normalized spacial score (nSPS) is 25.2. The average Bonchev–Trinajstić information content (AvgIpc) is 2.77. The highest BCUT2D eigenvalue weighted by atomic mass is 32.2. The fourth-order valence-electron chi connectivity index (χ4n) is 2.08. The molecule has 0 spiro atoms. The molecule has 1 aromatic rings. The summed E-state index contributed by atoms with van der Waals surface area (Å²) in [4.78, 5) is 0.629. The lowest BCUT2D eigenvalue weighted by molar-refractivity contribution is 0.0386. The highest BCUT2D eigenvalue weighted by molar-refractivity contribution is 7.89. The van der Waals surface area contributed by atoms with Crippen LogP contribution in [0, 0.1) is 0 Å². The van der Waals surface area contributed by atoms with Gasteiger partial charge in [0, 0.05) is 11.5 Å². The summed E-state index contributed by atoms with van der Waals surface area (Å²) < 4.78 is 32.6. The Hall–Kier alpha value is -0.470. The third-order valence-corrected chi connectivity index (χ3v) is 5.71.